The molecule has 0 atom stereocenters. The largest absolute Gasteiger partial charge is 0.459 e. The van der Waals surface area contributed by atoms with Crippen molar-refractivity contribution in [2.24, 2.45) is 0 Å². The molecule has 0 radical (unpaired) electrons. The number of nitrogen functional groups attached to an aromatic ring is 2. The predicted molar refractivity (Wildman–Crippen MR) is 96.9 cm³/mol. The second kappa shape index (κ2) is 7.55. The Labute approximate surface area is 147 Å². The van der Waals surface area contributed by atoms with Crippen molar-refractivity contribution in [2.75, 3.05) is 11.5 Å². The fraction of sp³-hybridized carbons (Fsp3) is 0.350. The maximum atomic E-state index is 12.6. The molecule has 4 nitrogen and oxygen atoms in total. The Morgan fingerprint density at radius 3 is 2.16 bits per heavy atom. The van der Waals surface area contributed by atoms with Gasteiger partial charge in [-0.25, -0.2) is 9.18 Å². The van der Waals surface area contributed by atoms with Gasteiger partial charge in [0.05, 0.1) is 5.56 Å². The summed E-state index contributed by atoms with van der Waals surface area (Å²) in [5, 5.41) is 0. The molecule has 0 aromatic heterocycles. The minimum atomic E-state index is -0.433. The summed E-state index contributed by atoms with van der Waals surface area (Å²) in [5.74, 6) is 0.0568. The van der Waals surface area contributed by atoms with Crippen LogP contribution < -0.4 is 11.5 Å². The van der Waals surface area contributed by atoms with Crippen molar-refractivity contribution < 1.29 is 13.9 Å². The highest BCUT2D eigenvalue weighted by molar-refractivity contribution is 5.91. The first kappa shape index (κ1) is 17.3. The lowest BCUT2D eigenvalue weighted by Gasteiger charge is -2.28. The van der Waals surface area contributed by atoms with Crippen LogP contribution in [0.4, 0.5) is 15.8 Å². The van der Waals surface area contributed by atoms with Crippen molar-refractivity contribution in [3.63, 3.8) is 0 Å². The Kier molecular flexibility index (Phi) is 5.22. The normalized spacial score (nSPS) is 20.2. The lowest BCUT2D eigenvalue weighted by Crippen LogP contribution is -2.24. The highest BCUT2D eigenvalue weighted by Crippen LogP contribution is 2.34. The zero-order chi connectivity index (χ0) is 17.8. The maximum absolute atomic E-state index is 12.6. The van der Waals surface area contributed by atoms with E-state index in [1.165, 1.54) is 5.56 Å². The van der Waals surface area contributed by atoms with Gasteiger partial charge >= 0.3 is 5.97 Å². The number of hydrogen-bond donors (Lipinski definition) is 2. The topological polar surface area (TPSA) is 78.3 Å². The number of benzene rings is 2. The number of halogens is 1. The molecule has 25 heavy (non-hydrogen) atoms. The monoisotopic (exact) mass is 342 g/mol. The van der Waals surface area contributed by atoms with Gasteiger partial charge in [0.1, 0.15) is 12.8 Å². The Bertz CT molecular complexity index is 718. The number of hydrogen-bond acceptors (Lipinski definition) is 4. The van der Waals surface area contributed by atoms with Crippen LogP contribution in [0, 0.1) is 0 Å². The zero-order valence-corrected chi connectivity index (χ0v) is 14.1. The molecule has 0 unspecified atom stereocenters. The van der Waals surface area contributed by atoms with Gasteiger partial charge in [-0.1, -0.05) is 24.3 Å². The van der Waals surface area contributed by atoms with E-state index < -0.39 is 6.67 Å². The third kappa shape index (κ3) is 4.29. The first-order chi connectivity index (χ1) is 12.0. The van der Waals surface area contributed by atoms with Gasteiger partial charge in [-0.2, -0.15) is 0 Å². The zero-order valence-electron chi connectivity index (χ0n) is 14.1. The van der Waals surface area contributed by atoms with Crippen LogP contribution in [-0.4, -0.2) is 12.1 Å². The van der Waals surface area contributed by atoms with Crippen molar-refractivity contribution in [1.82, 2.24) is 0 Å². The van der Waals surface area contributed by atoms with Crippen LogP contribution >= 0.6 is 0 Å². The van der Waals surface area contributed by atoms with Gasteiger partial charge in [0, 0.05) is 11.4 Å². The number of ether oxygens (including phenoxy) is 1. The lowest BCUT2D eigenvalue weighted by atomic mass is 9.82. The number of carbonyl (C=O) groups is 1. The van der Waals surface area contributed by atoms with Gasteiger partial charge in [0.25, 0.3) is 0 Å². The Morgan fingerprint density at radius 1 is 1.00 bits per heavy atom. The second-order valence-corrected chi connectivity index (χ2v) is 6.64. The Balaban J connectivity index is 1.55. The van der Waals surface area contributed by atoms with Crippen molar-refractivity contribution in [2.45, 2.75) is 44.4 Å². The summed E-state index contributed by atoms with van der Waals surface area (Å²) >= 11 is 0. The van der Waals surface area contributed by atoms with Crippen LogP contribution in [0.3, 0.4) is 0 Å². The molecular formula is C20H23FN2O2. The summed E-state index contributed by atoms with van der Waals surface area (Å²) in [6.07, 6.45) is 3.45. The van der Waals surface area contributed by atoms with Gasteiger partial charge in [0.15, 0.2) is 0 Å². The van der Waals surface area contributed by atoms with E-state index in [4.69, 9.17) is 16.2 Å². The van der Waals surface area contributed by atoms with Crippen molar-refractivity contribution >= 4 is 17.3 Å². The first-order valence-corrected chi connectivity index (χ1v) is 8.57. The number of alkyl halides is 1. The molecule has 3 rings (SSSR count). The van der Waals surface area contributed by atoms with E-state index in [1.54, 1.807) is 18.2 Å². The molecule has 0 saturated heterocycles. The third-order valence-corrected chi connectivity index (χ3v) is 4.77. The van der Waals surface area contributed by atoms with Gasteiger partial charge in [-0.3, -0.25) is 0 Å². The van der Waals surface area contributed by atoms with Crippen molar-refractivity contribution in [3.8, 4) is 0 Å². The summed E-state index contributed by atoms with van der Waals surface area (Å²) < 4.78 is 18.2. The molecule has 1 saturated carbocycles. The van der Waals surface area contributed by atoms with E-state index in [0.717, 1.165) is 25.7 Å². The molecule has 1 aliphatic carbocycles. The molecule has 0 bridgehead atoms. The molecule has 0 amide bonds. The molecule has 1 fully saturated rings. The van der Waals surface area contributed by atoms with Gasteiger partial charge in [0.2, 0.25) is 0 Å². The number of carbonyl (C=O) groups excluding carboxylic acids is 1. The van der Waals surface area contributed by atoms with Crippen LogP contribution in [0.2, 0.25) is 0 Å². The first-order valence-electron chi connectivity index (χ1n) is 8.57. The number of nitrogens with two attached hydrogens (primary N) is 2. The summed E-state index contributed by atoms with van der Waals surface area (Å²) in [4.78, 5) is 12.3. The van der Waals surface area contributed by atoms with E-state index in [9.17, 15) is 9.18 Å². The quantitative estimate of drug-likeness (QED) is 0.644. The molecule has 5 heteroatoms. The SMILES string of the molecule is Nc1cc(N)cc(C(=O)OC2CCC(c3ccc(CF)cc3)CC2)c1. The van der Waals surface area contributed by atoms with Crippen LogP contribution in [0.25, 0.3) is 0 Å². The van der Waals surface area contributed by atoms with E-state index in [2.05, 4.69) is 0 Å². The van der Waals surface area contributed by atoms with Crippen LogP contribution in [0.1, 0.15) is 53.1 Å². The smallest absolute Gasteiger partial charge is 0.338 e. The Hall–Kier alpha value is -2.56. The molecule has 132 valence electrons. The number of anilines is 2. The minimum Gasteiger partial charge on any atom is -0.459 e. The standard InChI is InChI=1S/C20H23FN2O2/c21-12-13-1-3-14(4-2-13)15-5-7-19(8-6-15)25-20(24)16-9-17(22)11-18(23)10-16/h1-4,9-11,15,19H,5-8,12,22-23H2. The predicted octanol–water partition coefficient (Wildman–Crippen LogP) is 4.20. The van der Waals surface area contributed by atoms with E-state index in [1.807, 2.05) is 24.3 Å². The molecule has 4 N–H and O–H groups in total. The van der Waals surface area contributed by atoms with E-state index in [0.29, 0.717) is 28.4 Å². The van der Waals surface area contributed by atoms with Crippen LogP contribution in [0.5, 0.6) is 0 Å². The van der Waals surface area contributed by atoms with Crippen LogP contribution in [-0.2, 0) is 11.4 Å². The van der Waals surface area contributed by atoms with Crippen LogP contribution in [0.15, 0.2) is 42.5 Å². The molecule has 0 spiro atoms. The number of esters is 1. The van der Waals surface area contributed by atoms with E-state index in [-0.39, 0.29) is 12.1 Å². The summed E-state index contributed by atoms with van der Waals surface area (Å²) in [6, 6.07) is 12.4. The minimum absolute atomic E-state index is 0.0866. The molecule has 0 aliphatic heterocycles. The molecule has 2 aromatic rings. The summed E-state index contributed by atoms with van der Waals surface area (Å²) in [7, 11) is 0. The van der Waals surface area contributed by atoms with Gasteiger partial charge in [-0.05, 0) is 60.9 Å². The lowest BCUT2D eigenvalue weighted by molar-refractivity contribution is 0.0195. The summed E-state index contributed by atoms with van der Waals surface area (Å²) in [6.45, 7) is -0.433. The van der Waals surface area contributed by atoms with Gasteiger partial charge in [-0.15, -0.1) is 0 Å². The molecular weight excluding hydrogens is 319 g/mol. The van der Waals surface area contributed by atoms with Gasteiger partial charge < -0.3 is 16.2 Å². The number of rotatable bonds is 4. The van der Waals surface area contributed by atoms with Crippen molar-refractivity contribution in [3.05, 3.63) is 59.2 Å². The fourth-order valence-corrected chi connectivity index (χ4v) is 3.41. The molecule has 0 heterocycles. The average molecular weight is 342 g/mol. The average Bonchev–Trinajstić information content (AvgIpc) is 2.61. The highest BCUT2D eigenvalue weighted by atomic mass is 19.1. The fourth-order valence-electron chi connectivity index (χ4n) is 3.41. The third-order valence-electron chi connectivity index (χ3n) is 4.77. The molecule has 1 aliphatic rings. The maximum Gasteiger partial charge on any atom is 0.338 e. The van der Waals surface area contributed by atoms with Crippen molar-refractivity contribution in [1.29, 1.82) is 0 Å². The molecule has 2 aromatic carbocycles. The highest BCUT2D eigenvalue weighted by Gasteiger charge is 2.25. The Morgan fingerprint density at radius 2 is 1.60 bits per heavy atom. The second-order valence-electron chi connectivity index (χ2n) is 6.64. The summed E-state index contributed by atoms with van der Waals surface area (Å²) in [5.41, 5.74) is 14.7. The van der Waals surface area contributed by atoms with E-state index >= 15 is 0 Å².